The van der Waals surface area contributed by atoms with Gasteiger partial charge in [0.15, 0.2) is 0 Å². The number of nitrogens with one attached hydrogen (secondary N) is 1. The largest absolute Gasteiger partial charge is 0.379 e. The first-order chi connectivity index (χ1) is 9.55. The molecule has 0 unspecified atom stereocenters. The second-order valence-corrected chi connectivity index (χ2v) is 9.08. The van der Waals surface area contributed by atoms with Crippen LogP contribution in [0.15, 0.2) is 0 Å². The van der Waals surface area contributed by atoms with Gasteiger partial charge in [-0.15, -0.1) is 0 Å². The van der Waals surface area contributed by atoms with E-state index in [9.17, 15) is 8.42 Å². The Kier molecular flexibility index (Phi) is 6.61. The molecule has 1 aliphatic rings. The summed E-state index contributed by atoms with van der Waals surface area (Å²) in [6.07, 6.45) is 0. The highest BCUT2D eigenvalue weighted by molar-refractivity contribution is 7.86. The average Bonchev–Trinajstić information content (AvgIpc) is 2.37. The van der Waals surface area contributed by atoms with Gasteiger partial charge in [-0.2, -0.15) is 17.0 Å². The molecule has 21 heavy (non-hydrogen) atoms. The molecule has 0 spiro atoms. The summed E-state index contributed by atoms with van der Waals surface area (Å²) in [5.41, 5.74) is -0.0148. The van der Waals surface area contributed by atoms with Crippen molar-refractivity contribution in [2.45, 2.75) is 46.7 Å². The van der Waals surface area contributed by atoms with E-state index in [4.69, 9.17) is 4.74 Å². The van der Waals surface area contributed by atoms with Crippen LogP contribution in [0, 0.1) is 5.41 Å². The Morgan fingerprint density at radius 3 is 2.19 bits per heavy atom. The Balaban J connectivity index is 2.77. The molecule has 0 aliphatic carbocycles. The van der Waals surface area contributed by atoms with Crippen molar-refractivity contribution in [2.75, 3.05) is 39.9 Å². The number of nitrogens with zero attached hydrogens (tertiary/aromatic N) is 2. The lowest BCUT2D eigenvalue weighted by Crippen LogP contribution is -2.54. The summed E-state index contributed by atoms with van der Waals surface area (Å²) in [4.78, 5) is 0. The first-order valence-corrected chi connectivity index (χ1v) is 9.00. The molecule has 1 heterocycles. The molecule has 0 saturated carbocycles. The minimum absolute atomic E-state index is 0.0148. The van der Waals surface area contributed by atoms with Crippen LogP contribution in [0.2, 0.25) is 0 Å². The van der Waals surface area contributed by atoms with Crippen LogP contribution >= 0.6 is 0 Å². The lowest BCUT2D eigenvalue weighted by molar-refractivity contribution is 0.0700. The maximum Gasteiger partial charge on any atom is 0.281 e. The Hall–Kier alpha value is -0.210. The van der Waals surface area contributed by atoms with Crippen LogP contribution in [0.5, 0.6) is 0 Å². The van der Waals surface area contributed by atoms with Crippen LogP contribution in [0.3, 0.4) is 0 Å². The van der Waals surface area contributed by atoms with Gasteiger partial charge in [0, 0.05) is 38.8 Å². The number of likely N-dealkylation sites (N-methyl/N-ethyl adjacent to an activating group) is 1. The van der Waals surface area contributed by atoms with Gasteiger partial charge in [0.1, 0.15) is 0 Å². The van der Waals surface area contributed by atoms with Crippen LogP contribution in [-0.4, -0.2) is 69.0 Å². The monoisotopic (exact) mass is 321 g/mol. The van der Waals surface area contributed by atoms with E-state index in [2.05, 4.69) is 39.9 Å². The first kappa shape index (κ1) is 18.8. The van der Waals surface area contributed by atoms with Crippen LogP contribution in [-0.2, 0) is 14.9 Å². The van der Waals surface area contributed by atoms with Crippen molar-refractivity contribution in [3.63, 3.8) is 0 Å². The normalized spacial score (nSPS) is 20.2. The fourth-order valence-electron chi connectivity index (χ4n) is 2.30. The molecule has 6 nitrogen and oxygen atoms in total. The second kappa shape index (κ2) is 7.37. The number of morpholine rings is 1. The molecule has 1 fully saturated rings. The quantitative estimate of drug-likeness (QED) is 0.790. The van der Waals surface area contributed by atoms with Crippen LogP contribution in [0.4, 0.5) is 0 Å². The summed E-state index contributed by atoms with van der Waals surface area (Å²) in [6.45, 7) is 12.8. The third kappa shape index (κ3) is 5.49. The van der Waals surface area contributed by atoms with Crippen molar-refractivity contribution in [1.29, 1.82) is 0 Å². The topological polar surface area (TPSA) is 61.9 Å². The molecule has 0 amide bonds. The van der Waals surface area contributed by atoms with E-state index in [1.807, 2.05) is 0 Å². The Morgan fingerprint density at radius 2 is 1.76 bits per heavy atom. The molecule has 0 aromatic carbocycles. The standard InChI is InChI=1S/C14H31N3O3S/c1-12(2)15-13(14(3,4)5)11-16(6)21(18,19)17-7-9-20-10-8-17/h12-13,15H,7-11H2,1-6H3/t13-/m1/s1. The highest BCUT2D eigenvalue weighted by Gasteiger charge is 2.33. The molecular formula is C14H31N3O3S. The van der Waals surface area contributed by atoms with Gasteiger partial charge in [0.2, 0.25) is 0 Å². The molecular weight excluding hydrogens is 290 g/mol. The summed E-state index contributed by atoms with van der Waals surface area (Å²) < 4.78 is 33.4. The summed E-state index contributed by atoms with van der Waals surface area (Å²) in [7, 11) is -1.75. The minimum Gasteiger partial charge on any atom is -0.379 e. The Labute approximate surface area is 130 Å². The Morgan fingerprint density at radius 1 is 1.24 bits per heavy atom. The van der Waals surface area contributed by atoms with Gasteiger partial charge >= 0.3 is 0 Å². The molecule has 126 valence electrons. The van der Waals surface area contributed by atoms with Gasteiger partial charge in [-0.3, -0.25) is 0 Å². The third-order valence-electron chi connectivity index (χ3n) is 3.71. The lowest BCUT2D eigenvalue weighted by atomic mass is 9.86. The zero-order valence-corrected chi connectivity index (χ0v) is 15.0. The molecule has 0 aromatic heterocycles. The number of rotatable bonds is 6. The van der Waals surface area contributed by atoms with Crippen LogP contribution < -0.4 is 5.32 Å². The van der Waals surface area contributed by atoms with Gasteiger partial charge < -0.3 is 10.1 Å². The predicted octanol–water partition coefficient (Wildman–Crippen LogP) is 0.908. The first-order valence-electron chi connectivity index (χ1n) is 7.60. The van der Waals surface area contributed by atoms with Gasteiger partial charge in [0.05, 0.1) is 13.2 Å². The van der Waals surface area contributed by atoms with E-state index in [0.717, 1.165) is 0 Å². The zero-order valence-electron chi connectivity index (χ0n) is 14.2. The van der Waals surface area contributed by atoms with Crippen molar-refractivity contribution < 1.29 is 13.2 Å². The molecule has 1 saturated heterocycles. The molecule has 0 radical (unpaired) electrons. The van der Waals surface area contributed by atoms with E-state index in [1.165, 1.54) is 8.61 Å². The van der Waals surface area contributed by atoms with E-state index in [0.29, 0.717) is 38.9 Å². The number of hydrogen-bond acceptors (Lipinski definition) is 4. The van der Waals surface area contributed by atoms with Crippen molar-refractivity contribution >= 4 is 10.2 Å². The van der Waals surface area contributed by atoms with Crippen molar-refractivity contribution in [3.05, 3.63) is 0 Å². The van der Waals surface area contributed by atoms with E-state index in [-0.39, 0.29) is 11.5 Å². The van der Waals surface area contributed by atoms with Gasteiger partial charge in [-0.1, -0.05) is 34.6 Å². The van der Waals surface area contributed by atoms with Crippen molar-refractivity contribution in [1.82, 2.24) is 13.9 Å². The highest BCUT2D eigenvalue weighted by Crippen LogP contribution is 2.22. The fourth-order valence-corrected chi connectivity index (χ4v) is 3.65. The lowest BCUT2D eigenvalue weighted by Gasteiger charge is -2.37. The van der Waals surface area contributed by atoms with Crippen LogP contribution in [0.1, 0.15) is 34.6 Å². The van der Waals surface area contributed by atoms with Gasteiger partial charge in [0.25, 0.3) is 10.2 Å². The molecule has 1 atom stereocenters. The third-order valence-corrected chi connectivity index (χ3v) is 5.66. The second-order valence-electron chi connectivity index (χ2n) is 7.04. The smallest absolute Gasteiger partial charge is 0.281 e. The Bertz CT molecular complexity index is 412. The number of hydrogen-bond donors (Lipinski definition) is 1. The predicted molar refractivity (Wildman–Crippen MR) is 85.5 cm³/mol. The molecule has 7 heteroatoms. The molecule has 1 N–H and O–H groups in total. The minimum atomic E-state index is -3.41. The maximum atomic E-state index is 12.6. The van der Waals surface area contributed by atoms with Gasteiger partial charge in [-0.25, -0.2) is 0 Å². The molecule has 1 rings (SSSR count). The van der Waals surface area contributed by atoms with Crippen LogP contribution in [0.25, 0.3) is 0 Å². The fraction of sp³-hybridized carbons (Fsp3) is 1.00. The highest BCUT2D eigenvalue weighted by atomic mass is 32.2. The van der Waals surface area contributed by atoms with E-state index < -0.39 is 10.2 Å². The summed E-state index contributed by atoms with van der Waals surface area (Å²) in [6, 6.07) is 0.409. The zero-order chi connectivity index (χ0) is 16.3. The van der Waals surface area contributed by atoms with Gasteiger partial charge in [-0.05, 0) is 5.41 Å². The summed E-state index contributed by atoms with van der Waals surface area (Å²) in [5, 5.41) is 3.48. The summed E-state index contributed by atoms with van der Waals surface area (Å²) in [5.74, 6) is 0. The SMILES string of the molecule is CC(C)N[C@H](CN(C)S(=O)(=O)N1CCOCC1)C(C)(C)C. The molecule has 1 aliphatic heterocycles. The van der Waals surface area contributed by atoms with Crippen molar-refractivity contribution in [3.8, 4) is 0 Å². The molecule has 0 bridgehead atoms. The van der Waals surface area contributed by atoms with Crippen molar-refractivity contribution in [2.24, 2.45) is 5.41 Å². The van der Waals surface area contributed by atoms with E-state index >= 15 is 0 Å². The maximum absolute atomic E-state index is 12.6. The summed E-state index contributed by atoms with van der Waals surface area (Å²) >= 11 is 0. The number of ether oxygens (including phenoxy) is 1. The van der Waals surface area contributed by atoms with E-state index in [1.54, 1.807) is 7.05 Å². The average molecular weight is 321 g/mol. The molecule has 0 aromatic rings.